The average molecular weight is 1110 g/mol. The number of aromatic nitrogens is 1. The van der Waals surface area contributed by atoms with Gasteiger partial charge in [-0.2, -0.15) is 26.3 Å². The topological polar surface area (TPSA) is 207 Å². The number of nitrogens with zero attached hydrogens (tertiary/aromatic N) is 4. The van der Waals surface area contributed by atoms with Gasteiger partial charge in [0.2, 0.25) is 5.91 Å². The quantitative estimate of drug-likeness (QED) is 0.0480. The standard InChI is InChI=1S/C53H64F8N8O9/c1-50(2,52(56,57)58)44(65-49(75)76-5)46(71)63-41(20-31-9-6-30(7-10-31)8-11-32-12-15-43(62-23-32)67-24-35-13-14-36(25-67)69(35)37-28-78-29-37)42(70)27-68(66-47(72)45(64-48(73)74)51(3,4)53(59,60)61)26-38-39(54)21-34(22-40(38)55)33-16-18-77-19-17-33/h6-7,9-10,12,15,21-23,33,35-37,41-42,44-45,64,70H,13-14,16-20,24-29H2,1-5H3,(H,63,71)(H,65,75)(H,66,72)(H,73,74)/t35?,36?,41-,42-,44+,45+/m0/s1. The van der Waals surface area contributed by atoms with Gasteiger partial charge in [-0.25, -0.2) is 28.4 Å². The normalized spacial score (nSPS) is 20.1. The molecule has 0 aliphatic carbocycles. The summed E-state index contributed by atoms with van der Waals surface area (Å²) in [6, 6.07) is 6.61. The molecular weight excluding hydrogens is 1040 g/mol. The van der Waals surface area contributed by atoms with Crippen molar-refractivity contribution in [1.82, 2.24) is 36.3 Å². The predicted molar refractivity (Wildman–Crippen MR) is 265 cm³/mol. The van der Waals surface area contributed by atoms with Crippen LogP contribution in [0.2, 0.25) is 0 Å². The number of piperazine rings is 1. The van der Waals surface area contributed by atoms with E-state index in [4.69, 9.17) is 9.47 Å². The number of anilines is 1. The van der Waals surface area contributed by atoms with Crippen LogP contribution in [-0.4, -0.2) is 157 Å². The molecule has 25 heteroatoms. The van der Waals surface area contributed by atoms with E-state index >= 15 is 8.78 Å². The van der Waals surface area contributed by atoms with Crippen molar-refractivity contribution in [3.05, 3.63) is 94.2 Å². The van der Waals surface area contributed by atoms with Gasteiger partial charge in [0.15, 0.2) is 0 Å². The number of halogens is 8. The summed E-state index contributed by atoms with van der Waals surface area (Å²) in [5.41, 5.74) is -3.15. The number of ether oxygens (including phenoxy) is 3. The number of nitrogens with one attached hydrogen (secondary N) is 4. The molecule has 1 aromatic heterocycles. The summed E-state index contributed by atoms with van der Waals surface area (Å²) in [6.07, 6.45) is -11.6. The van der Waals surface area contributed by atoms with Crippen molar-refractivity contribution in [2.24, 2.45) is 10.8 Å². The Bertz CT molecular complexity index is 2640. The molecule has 2 aromatic carbocycles. The van der Waals surface area contributed by atoms with Crippen molar-refractivity contribution in [1.29, 1.82) is 0 Å². The molecule has 4 fully saturated rings. The molecule has 4 amide bonds. The molecule has 0 spiro atoms. The fourth-order valence-corrected chi connectivity index (χ4v) is 10.2. The molecule has 2 unspecified atom stereocenters. The van der Waals surface area contributed by atoms with E-state index in [2.05, 4.69) is 42.1 Å². The molecule has 0 saturated carbocycles. The fourth-order valence-electron chi connectivity index (χ4n) is 10.2. The fraction of sp³-hybridized carbons (Fsp3) is 0.566. The first-order valence-corrected chi connectivity index (χ1v) is 25.4. The largest absolute Gasteiger partial charge is 0.465 e. The third-order valence-electron chi connectivity index (χ3n) is 15.2. The molecule has 3 aromatic rings. The zero-order chi connectivity index (χ0) is 56.9. The number of methoxy groups -OCH3 is 1. The van der Waals surface area contributed by atoms with Crippen LogP contribution in [0.3, 0.4) is 0 Å². The van der Waals surface area contributed by atoms with Gasteiger partial charge in [0.25, 0.3) is 5.91 Å². The maximum absolute atomic E-state index is 16.0. The Kier molecular flexibility index (Phi) is 18.5. The zero-order valence-corrected chi connectivity index (χ0v) is 43.6. The summed E-state index contributed by atoms with van der Waals surface area (Å²) in [5, 5.41) is 27.9. The molecule has 6 atom stereocenters. The molecule has 4 saturated heterocycles. The van der Waals surface area contributed by atoms with Crippen LogP contribution in [0.5, 0.6) is 0 Å². The number of hydrogen-bond donors (Lipinski definition) is 6. The second-order valence-electron chi connectivity index (χ2n) is 21.3. The van der Waals surface area contributed by atoms with Gasteiger partial charge in [-0.1, -0.05) is 24.0 Å². The lowest BCUT2D eigenvalue weighted by molar-refractivity contribution is -0.221. The van der Waals surface area contributed by atoms with Crippen molar-refractivity contribution in [2.45, 2.75) is 127 Å². The highest BCUT2D eigenvalue weighted by Crippen LogP contribution is 2.42. The first-order chi connectivity index (χ1) is 36.7. The van der Waals surface area contributed by atoms with E-state index in [-0.39, 0.29) is 11.5 Å². The Morgan fingerprint density at radius 3 is 1.86 bits per heavy atom. The minimum absolute atomic E-state index is 0.264. The van der Waals surface area contributed by atoms with Gasteiger partial charge in [0, 0.05) is 74.4 Å². The smallest absolute Gasteiger partial charge is 0.407 e. The summed E-state index contributed by atoms with van der Waals surface area (Å²) >= 11 is 0. The summed E-state index contributed by atoms with van der Waals surface area (Å²) in [5.74, 6) is 1.11. The molecule has 4 aliphatic heterocycles. The van der Waals surface area contributed by atoms with Crippen molar-refractivity contribution in [2.75, 3.05) is 58.1 Å². The van der Waals surface area contributed by atoms with Crippen LogP contribution in [0.1, 0.15) is 87.1 Å². The van der Waals surface area contributed by atoms with E-state index in [1.54, 1.807) is 18.3 Å². The molecule has 0 radical (unpaired) electrons. The minimum atomic E-state index is -5.22. The van der Waals surface area contributed by atoms with Crippen LogP contribution in [-0.2, 0) is 36.8 Å². The van der Waals surface area contributed by atoms with Crippen LogP contribution in [0.25, 0.3) is 0 Å². The lowest BCUT2D eigenvalue weighted by Gasteiger charge is -2.47. The van der Waals surface area contributed by atoms with Gasteiger partial charge in [-0.05, 0) is 113 Å². The van der Waals surface area contributed by atoms with Crippen LogP contribution < -0.4 is 26.3 Å². The molecule has 4 aliphatic rings. The number of carbonyl (C=O) groups is 4. The van der Waals surface area contributed by atoms with Crippen molar-refractivity contribution in [3.63, 3.8) is 0 Å². The lowest BCUT2D eigenvalue weighted by Crippen LogP contribution is -2.63. The highest BCUT2D eigenvalue weighted by molar-refractivity contribution is 5.87. The number of benzene rings is 2. The number of rotatable bonds is 18. The van der Waals surface area contributed by atoms with Gasteiger partial charge < -0.3 is 45.3 Å². The number of hydrogen-bond acceptors (Lipinski definition) is 12. The van der Waals surface area contributed by atoms with E-state index in [9.17, 15) is 55.7 Å². The van der Waals surface area contributed by atoms with Crippen molar-refractivity contribution < 1.29 is 78.7 Å². The number of alkyl carbamates (subject to hydrolysis) is 1. The number of hydrazine groups is 1. The van der Waals surface area contributed by atoms with E-state index in [0.29, 0.717) is 93.6 Å². The maximum atomic E-state index is 16.0. The number of alkyl halides is 6. The molecule has 426 valence electrons. The van der Waals surface area contributed by atoms with E-state index < -0.39 is 108 Å². The summed E-state index contributed by atoms with van der Waals surface area (Å²) in [4.78, 5) is 61.7. The van der Waals surface area contributed by atoms with Gasteiger partial charge in [0.05, 0.1) is 49.3 Å². The Balaban J connectivity index is 1.16. The Morgan fingerprint density at radius 2 is 1.35 bits per heavy atom. The number of aliphatic hydroxyl groups is 1. The molecule has 7 rings (SSSR count). The Hall–Kier alpha value is -6.33. The second kappa shape index (κ2) is 24.4. The summed E-state index contributed by atoms with van der Waals surface area (Å²) in [6.45, 7) is 4.11. The number of aliphatic hydroxyl groups excluding tert-OH is 1. The van der Waals surface area contributed by atoms with Crippen molar-refractivity contribution >= 4 is 29.8 Å². The highest BCUT2D eigenvalue weighted by atomic mass is 19.4. The van der Waals surface area contributed by atoms with Gasteiger partial charge in [-0.15, -0.1) is 0 Å². The summed E-state index contributed by atoms with van der Waals surface area (Å²) in [7, 11) is 0.843. The summed E-state index contributed by atoms with van der Waals surface area (Å²) < 4.78 is 134. The van der Waals surface area contributed by atoms with Crippen LogP contribution >= 0.6 is 0 Å². The SMILES string of the molecule is COC(=O)N[C@H](C(=O)N[C@@H](Cc1ccc(C#Cc2ccc(N3CC4CCC(C3)N4C3COC3)nc2)cc1)[C@@H](O)CN(Cc1c(F)cc(C2CCOCC2)cc1F)NC(=O)[C@@H](NC(=O)O)C(C)(C)C(F)(F)F)C(C)(C)C(F)(F)F. The number of fused-ring (bicyclic) bond motifs is 2. The zero-order valence-electron chi connectivity index (χ0n) is 43.6. The first kappa shape index (κ1) is 59.3. The number of pyridine rings is 1. The lowest BCUT2D eigenvalue weighted by atomic mass is 9.82. The molecule has 6 N–H and O–H groups in total. The third-order valence-corrected chi connectivity index (χ3v) is 15.2. The van der Waals surface area contributed by atoms with Gasteiger partial charge in [0.1, 0.15) is 29.5 Å². The van der Waals surface area contributed by atoms with Crippen LogP contribution in [0.4, 0.5) is 50.5 Å². The molecular formula is C53H64F8N8O9. The van der Waals surface area contributed by atoms with Crippen LogP contribution in [0.15, 0.2) is 54.7 Å². The van der Waals surface area contributed by atoms with Crippen molar-refractivity contribution in [3.8, 4) is 11.8 Å². The molecule has 2 bridgehead atoms. The third kappa shape index (κ3) is 13.9. The minimum Gasteiger partial charge on any atom is -0.465 e. The Labute approximate surface area is 445 Å². The molecule has 5 heterocycles. The molecule has 78 heavy (non-hydrogen) atoms. The van der Waals surface area contributed by atoms with E-state index in [1.165, 1.54) is 17.4 Å². The Morgan fingerprint density at radius 1 is 0.782 bits per heavy atom. The molecule has 17 nitrogen and oxygen atoms in total. The van der Waals surface area contributed by atoms with E-state index in [0.717, 1.165) is 64.2 Å². The van der Waals surface area contributed by atoms with E-state index in [1.807, 2.05) is 17.4 Å². The average Bonchev–Trinajstić information content (AvgIpc) is 3.64. The number of amides is 4. The maximum Gasteiger partial charge on any atom is 0.407 e. The predicted octanol–water partition coefficient (Wildman–Crippen LogP) is 6.16. The first-order valence-electron chi connectivity index (χ1n) is 25.4. The number of carbonyl (C=O) groups excluding carboxylic acids is 3. The van der Waals surface area contributed by atoms with Gasteiger partial charge >= 0.3 is 24.5 Å². The second-order valence-corrected chi connectivity index (χ2v) is 21.3. The highest BCUT2D eigenvalue weighted by Gasteiger charge is 2.57. The van der Waals surface area contributed by atoms with Crippen LogP contribution in [0, 0.1) is 34.3 Å². The monoisotopic (exact) mass is 1110 g/mol. The number of carboxylic acid groups (broad SMARTS) is 1. The van der Waals surface area contributed by atoms with Gasteiger partial charge in [-0.3, -0.25) is 19.9 Å².